The zero-order valence-corrected chi connectivity index (χ0v) is 17.6. The fourth-order valence-corrected chi connectivity index (χ4v) is 4.34. The van der Waals surface area contributed by atoms with Crippen molar-refractivity contribution in [2.75, 3.05) is 13.9 Å². The van der Waals surface area contributed by atoms with Crippen LogP contribution in [-0.4, -0.2) is 18.5 Å². The van der Waals surface area contributed by atoms with Gasteiger partial charge in [0, 0.05) is 5.38 Å². The van der Waals surface area contributed by atoms with E-state index in [4.69, 9.17) is 19.2 Å². The summed E-state index contributed by atoms with van der Waals surface area (Å²) in [6.45, 7) is 0.825. The van der Waals surface area contributed by atoms with Gasteiger partial charge in [-0.3, -0.25) is 0 Å². The maximum absolute atomic E-state index is 13.5. The monoisotopic (exact) mass is 434 g/mol. The number of aromatic nitrogens is 1. The SMILES string of the molecule is COc1ccc(N=c2scc(-c3ccc(F)cc3)n2Cc2ccc3c(c2)OCO3)cc1. The Bertz CT molecular complexity index is 1280. The minimum Gasteiger partial charge on any atom is -0.497 e. The van der Waals surface area contributed by atoms with Gasteiger partial charge in [-0.15, -0.1) is 11.3 Å². The molecule has 31 heavy (non-hydrogen) atoms. The van der Waals surface area contributed by atoms with E-state index in [0.29, 0.717) is 6.54 Å². The Kier molecular flexibility index (Phi) is 5.18. The molecule has 0 saturated heterocycles. The molecular formula is C24H19FN2O3S. The Morgan fingerprint density at radius 3 is 2.55 bits per heavy atom. The van der Waals surface area contributed by atoms with E-state index in [1.165, 1.54) is 12.1 Å². The molecule has 0 unspecified atom stereocenters. The number of hydrogen-bond acceptors (Lipinski definition) is 5. The average molecular weight is 434 g/mol. The van der Waals surface area contributed by atoms with Crippen LogP contribution in [0.5, 0.6) is 17.2 Å². The maximum Gasteiger partial charge on any atom is 0.231 e. The van der Waals surface area contributed by atoms with E-state index < -0.39 is 0 Å². The molecule has 1 aromatic heterocycles. The summed E-state index contributed by atoms with van der Waals surface area (Å²) in [7, 11) is 1.64. The summed E-state index contributed by atoms with van der Waals surface area (Å²) in [6, 6.07) is 20.0. The molecule has 2 heterocycles. The highest BCUT2D eigenvalue weighted by molar-refractivity contribution is 7.07. The van der Waals surface area contributed by atoms with Crippen molar-refractivity contribution in [2.24, 2.45) is 4.99 Å². The molecule has 0 atom stereocenters. The molecule has 0 amide bonds. The van der Waals surface area contributed by atoms with Crippen LogP contribution < -0.4 is 19.0 Å². The highest BCUT2D eigenvalue weighted by Gasteiger charge is 2.15. The van der Waals surface area contributed by atoms with Crippen LogP contribution in [0.25, 0.3) is 11.3 Å². The summed E-state index contributed by atoms with van der Waals surface area (Å²) in [5.41, 5.74) is 3.78. The molecule has 1 aliphatic heterocycles. The Balaban J connectivity index is 1.59. The maximum atomic E-state index is 13.5. The second kappa shape index (κ2) is 8.28. The number of rotatable bonds is 5. The molecule has 4 aromatic rings. The molecule has 0 aliphatic carbocycles. The normalized spacial score (nSPS) is 12.9. The number of methoxy groups -OCH3 is 1. The summed E-state index contributed by atoms with van der Waals surface area (Å²) in [4.78, 5) is 5.68. The van der Waals surface area contributed by atoms with Gasteiger partial charge >= 0.3 is 0 Å². The van der Waals surface area contributed by atoms with Crippen LogP contribution >= 0.6 is 11.3 Å². The first-order chi connectivity index (χ1) is 15.2. The van der Waals surface area contributed by atoms with Gasteiger partial charge in [0.15, 0.2) is 16.3 Å². The Morgan fingerprint density at radius 1 is 1.00 bits per heavy atom. The number of thiazole rings is 1. The van der Waals surface area contributed by atoms with Crippen LogP contribution in [0.1, 0.15) is 5.56 Å². The standard InChI is InChI=1S/C24H19FN2O3S/c1-28-20-9-7-19(8-10-20)26-24-27(13-16-2-11-22-23(12-16)30-15-29-22)21(14-31-24)17-3-5-18(25)6-4-17/h2-12,14H,13,15H2,1H3. The third-order valence-corrected chi connectivity index (χ3v) is 5.88. The first kappa shape index (κ1) is 19.4. The molecule has 156 valence electrons. The molecular weight excluding hydrogens is 415 g/mol. The summed E-state index contributed by atoms with van der Waals surface area (Å²) in [5.74, 6) is 2.01. The highest BCUT2D eigenvalue weighted by atomic mass is 32.1. The van der Waals surface area contributed by atoms with Crippen LogP contribution in [0.3, 0.4) is 0 Å². The van der Waals surface area contributed by atoms with Gasteiger partial charge in [0.1, 0.15) is 11.6 Å². The molecule has 7 heteroatoms. The van der Waals surface area contributed by atoms with Crippen molar-refractivity contribution >= 4 is 17.0 Å². The summed E-state index contributed by atoms with van der Waals surface area (Å²) < 4.78 is 31.8. The van der Waals surface area contributed by atoms with Crippen LogP contribution in [0.2, 0.25) is 0 Å². The van der Waals surface area contributed by atoms with Gasteiger partial charge in [-0.2, -0.15) is 0 Å². The predicted molar refractivity (Wildman–Crippen MR) is 118 cm³/mol. The zero-order valence-electron chi connectivity index (χ0n) is 16.7. The van der Waals surface area contributed by atoms with Crippen molar-refractivity contribution in [1.82, 2.24) is 4.57 Å². The average Bonchev–Trinajstić information content (AvgIpc) is 3.42. The minimum atomic E-state index is -0.260. The third kappa shape index (κ3) is 4.04. The second-order valence-electron chi connectivity index (χ2n) is 6.99. The number of nitrogens with zero attached hydrogens (tertiary/aromatic N) is 2. The molecule has 0 fully saturated rings. The summed E-state index contributed by atoms with van der Waals surface area (Å²) in [5, 5.41) is 2.04. The van der Waals surface area contributed by atoms with Crippen molar-refractivity contribution in [3.05, 3.63) is 88.3 Å². The lowest BCUT2D eigenvalue weighted by Gasteiger charge is -2.10. The van der Waals surface area contributed by atoms with Crippen molar-refractivity contribution in [3.8, 4) is 28.5 Å². The molecule has 1 aliphatic rings. The summed E-state index contributed by atoms with van der Waals surface area (Å²) >= 11 is 1.54. The molecule has 0 radical (unpaired) electrons. The van der Waals surface area contributed by atoms with Gasteiger partial charge in [-0.05, 0) is 71.8 Å². The van der Waals surface area contributed by atoms with Crippen LogP contribution in [-0.2, 0) is 6.54 Å². The van der Waals surface area contributed by atoms with Crippen molar-refractivity contribution < 1.29 is 18.6 Å². The molecule has 3 aromatic carbocycles. The largest absolute Gasteiger partial charge is 0.497 e. The van der Waals surface area contributed by atoms with E-state index in [0.717, 1.165) is 44.6 Å². The van der Waals surface area contributed by atoms with Gasteiger partial charge < -0.3 is 18.8 Å². The smallest absolute Gasteiger partial charge is 0.231 e. The predicted octanol–water partition coefficient (Wildman–Crippen LogP) is 5.37. The molecule has 0 saturated carbocycles. The van der Waals surface area contributed by atoms with Gasteiger partial charge in [-0.1, -0.05) is 6.07 Å². The highest BCUT2D eigenvalue weighted by Crippen LogP contribution is 2.33. The second-order valence-corrected chi connectivity index (χ2v) is 7.83. The first-order valence-electron chi connectivity index (χ1n) is 9.71. The van der Waals surface area contributed by atoms with E-state index in [9.17, 15) is 4.39 Å². The van der Waals surface area contributed by atoms with Gasteiger partial charge in [0.25, 0.3) is 0 Å². The van der Waals surface area contributed by atoms with Crippen LogP contribution in [0, 0.1) is 5.82 Å². The Labute approximate surface area is 182 Å². The van der Waals surface area contributed by atoms with Crippen LogP contribution in [0.4, 0.5) is 10.1 Å². The quantitative estimate of drug-likeness (QED) is 0.424. The van der Waals surface area contributed by atoms with Crippen molar-refractivity contribution in [1.29, 1.82) is 0 Å². The topological polar surface area (TPSA) is 45.0 Å². The minimum absolute atomic E-state index is 0.239. The Hall–Kier alpha value is -3.58. The van der Waals surface area contributed by atoms with Crippen molar-refractivity contribution in [3.63, 3.8) is 0 Å². The number of halogens is 1. The van der Waals surface area contributed by atoms with Crippen LogP contribution in [0.15, 0.2) is 77.1 Å². The zero-order chi connectivity index (χ0) is 21.2. The number of benzene rings is 3. The van der Waals surface area contributed by atoms with E-state index in [-0.39, 0.29) is 12.6 Å². The Morgan fingerprint density at radius 2 is 1.77 bits per heavy atom. The van der Waals surface area contributed by atoms with E-state index in [1.807, 2.05) is 47.8 Å². The number of ether oxygens (including phenoxy) is 3. The third-order valence-electron chi connectivity index (χ3n) is 5.01. The van der Waals surface area contributed by atoms with Crippen molar-refractivity contribution in [2.45, 2.75) is 6.54 Å². The molecule has 5 rings (SSSR count). The number of hydrogen-bond donors (Lipinski definition) is 0. The molecule has 0 N–H and O–H groups in total. The lowest BCUT2D eigenvalue weighted by molar-refractivity contribution is 0.174. The van der Waals surface area contributed by atoms with Gasteiger partial charge in [0.05, 0.1) is 25.0 Å². The molecule has 5 nitrogen and oxygen atoms in total. The first-order valence-corrected chi connectivity index (χ1v) is 10.6. The molecule has 0 spiro atoms. The lowest BCUT2D eigenvalue weighted by Crippen LogP contribution is -2.16. The van der Waals surface area contributed by atoms with Gasteiger partial charge in [0.2, 0.25) is 6.79 Å². The summed E-state index contributed by atoms with van der Waals surface area (Å²) in [6.07, 6.45) is 0. The van der Waals surface area contributed by atoms with E-state index >= 15 is 0 Å². The van der Waals surface area contributed by atoms with E-state index in [1.54, 1.807) is 30.6 Å². The molecule has 0 bridgehead atoms. The fraction of sp³-hybridized carbons (Fsp3) is 0.125. The lowest BCUT2D eigenvalue weighted by atomic mass is 10.1. The van der Waals surface area contributed by atoms with E-state index in [2.05, 4.69) is 4.57 Å². The number of fused-ring (bicyclic) bond motifs is 1. The van der Waals surface area contributed by atoms with Gasteiger partial charge in [-0.25, -0.2) is 9.38 Å². The fourth-order valence-electron chi connectivity index (χ4n) is 3.41.